The molecule has 98 valence electrons. The molecule has 0 atom stereocenters. The molecule has 0 aliphatic rings. The Hall–Kier alpha value is -1.96. The van der Waals surface area contributed by atoms with Crippen LogP contribution in [-0.4, -0.2) is 31.1 Å². The van der Waals surface area contributed by atoms with Crippen LogP contribution in [0.2, 0.25) is 0 Å². The number of aryl methyl sites for hydroxylation is 1. The van der Waals surface area contributed by atoms with Crippen LogP contribution in [0.25, 0.3) is 5.65 Å². The number of nitrogens with one attached hydrogen (secondary N) is 1. The van der Waals surface area contributed by atoms with Gasteiger partial charge in [0.15, 0.2) is 17.3 Å². The molecule has 0 bridgehead atoms. The maximum absolute atomic E-state index is 5.05. The fourth-order valence-electron chi connectivity index (χ4n) is 1.75. The molecule has 7 nitrogen and oxygen atoms in total. The highest BCUT2D eigenvalue weighted by atomic mass is 79.9. The first-order valence-electron chi connectivity index (χ1n) is 5.74. The van der Waals surface area contributed by atoms with Crippen molar-refractivity contribution in [3.8, 4) is 0 Å². The summed E-state index contributed by atoms with van der Waals surface area (Å²) in [4.78, 5) is 12.8. The number of hydrogen-bond donors (Lipinski definition) is 1. The van der Waals surface area contributed by atoms with E-state index in [0.717, 1.165) is 16.1 Å². The molecule has 0 fully saturated rings. The van der Waals surface area contributed by atoms with Gasteiger partial charge in [-0.25, -0.2) is 9.97 Å². The van der Waals surface area contributed by atoms with Gasteiger partial charge in [-0.15, -0.1) is 0 Å². The van der Waals surface area contributed by atoms with Crippen LogP contribution >= 0.6 is 15.9 Å². The smallest absolute Gasteiger partial charge is 0.228 e. The molecule has 8 heteroatoms. The fraction of sp³-hybridized carbons (Fsp3) is 0.273. The summed E-state index contributed by atoms with van der Waals surface area (Å²) < 4.78 is 7.69. The Morgan fingerprint density at radius 1 is 1.42 bits per heavy atom. The molecule has 0 radical (unpaired) electrons. The zero-order valence-corrected chi connectivity index (χ0v) is 11.8. The predicted octanol–water partition coefficient (Wildman–Crippen LogP) is 1.84. The number of anilines is 1. The Balaban J connectivity index is 1.73. The van der Waals surface area contributed by atoms with Gasteiger partial charge in [-0.3, -0.25) is 0 Å². The van der Waals surface area contributed by atoms with Crippen molar-refractivity contribution in [3.63, 3.8) is 0 Å². The molecular formula is C11H11BrN6O. The zero-order valence-electron chi connectivity index (χ0n) is 10.2. The number of aromatic nitrogens is 5. The lowest BCUT2D eigenvalue weighted by atomic mass is 10.4. The van der Waals surface area contributed by atoms with E-state index in [4.69, 9.17) is 4.52 Å². The normalized spacial score (nSPS) is 11.1. The first-order chi connectivity index (χ1) is 9.22. The average molecular weight is 323 g/mol. The Morgan fingerprint density at radius 3 is 3.11 bits per heavy atom. The number of halogens is 1. The molecule has 3 heterocycles. The maximum atomic E-state index is 5.05. The van der Waals surface area contributed by atoms with Crippen molar-refractivity contribution in [2.24, 2.45) is 0 Å². The third kappa shape index (κ3) is 2.58. The van der Waals surface area contributed by atoms with Crippen LogP contribution < -0.4 is 5.32 Å². The van der Waals surface area contributed by atoms with Gasteiger partial charge < -0.3 is 14.2 Å². The first kappa shape index (κ1) is 12.1. The topological polar surface area (TPSA) is 81.1 Å². The Kier molecular flexibility index (Phi) is 3.16. The van der Waals surface area contributed by atoms with Crippen molar-refractivity contribution in [1.82, 2.24) is 24.5 Å². The van der Waals surface area contributed by atoms with Crippen molar-refractivity contribution >= 4 is 27.4 Å². The van der Waals surface area contributed by atoms with E-state index in [9.17, 15) is 0 Å². The highest BCUT2D eigenvalue weighted by molar-refractivity contribution is 9.10. The minimum atomic E-state index is 0.611. The molecular weight excluding hydrogens is 312 g/mol. The van der Waals surface area contributed by atoms with Gasteiger partial charge in [0, 0.05) is 31.6 Å². The standard InChI is InChI=1S/C11H11BrN6O/c1-7-15-9(19-17-7)2-3-13-10-11-14-4-5-18(11)6-8(12)16-10/h4-6H,2-3H2,1H3,(H,13,16). The maximum Gasteiger partial charge on any atom is 0.228 e. The Morgan fingerprint density at radius 2 is 2.32 bits per heavy atom. The lowest BCUT2D eigenvalue weighted by Gasteiger charge is -2.06. The lowest BCUT2D eigenvalue weighted by molar-refractivity contribution is 0.377. The minimum Gasteiger partial charge on any atom is -0.366 e. The molecule has 0 amide bonds. The van der Waals surface area contributed by atoms with E-state index < -0.39 is 0 Å². The van der Waals surface area contributed by atoms with Crippen LogP contribution in [0.1, 0.15) is 11.7 Å². The van der Waals surface area contributed by atoms with Crippen LogP contribution in [0.4, 0.5) is 5.82 Å². The molecule has 0 spiro atoms. The molecule has 0 saturated carbocycles. The first-order valence-corrected chi connectivity index (χ1v) is 6.54. The summed E-state index contributed by atoms with van der Waals surface area (Å²) in [6.45, 7) is 2.44. The van der Waals surface area contributed by atoms with Crippen LogP contribution in [-0.2, 0) is 6.42 Å². The summed E-state index contributed by atoms with van der Waals surface area (Å²) in [6.07, 6.45) is 6.10. The third-order valence-corrected chi connectivity index (χ3v) is 2.93. The van der Waals surface area contributed by atoms with E-state index in [1.54, 1.807) is 13.1 Å². The Bertz CT molecular complexity index is 706. The van der Waals surface area contributed by atoms with Crippen LogP contribution in [0, 0.1) is 6.92 Å². The molecule has 3 rings (SSSR count). The summed E-state index contributed by atoms with van der Waals surface area (Å²) in [5.74, 6) is 1.97. The van der Waals surface area contributed by atoms with E-state index in [0.29, 0.717) is 24.7 Å². The summed E-state index contributed by atoms with van der Waals surface area (Å²) in [6, 6.07) is 0. The average Bonchev–Trinajstić information content (AvgIpc) is 2.98. The van der Waals surface area contributed by atoms with Crippen molar-refractivity contribution in [3.05, 3.63) is 34.9 Å². The third-order valence-electron chi connectivity index (χ3n) is 2.55. The largest absolute Gasteiger partial charge is 0.366 e. The summed E-state index contributed by atoms with van der Waals surface area (Å²) in [5.41, 5.74) is 0.782. The van der Waals surface area contributed by atoms with Gasteiger partial charge in [-0.2, -0.15) is 4.98 Å². The molecule has 3 aromatic heterocycles. The second-order valence-electron chi connectivity index (χ2n) is 3.98. The minimum absolute atomic E-state index is 0.611. The van der Waals surface area contributed by atoms with E-state index in [1.807, 2.05) is 16.8 Å². The number of nitrogens with zero attached hydrogens (tertiary/aromatic N) is 5. The van der Waals surface area contributed by atoms with Crippen molar-refractivity contribution < 1.29 is 4.52 Å². The number of rotatable bonds is 4. The van der Waals surface area contributed by atoms with Gasteiger partial charge in [-0.05, 0) is 22.9 Å². The van der Waals surface area contributed by atoms with Crippen LogP contribution in [0.15, 0.2) is 27.7 Å². The van der Waals surface area contributed by atoms with Crippen molar-refractivity contribution in [2.45, 2.75) is 13.3 Å². The zero-order chi connectivity index (χ0) is 13.2. The molecule has 0 aliphatic heterocycles. The van der Waals surface area contributed by atoms with Crippen molar-refractivity contribution in [1.29, 1.82) is 0 Å². The second kappa shape index (κ2) is 4.96. The van der Waals surface area contributed by atoms with Crippen LogP contribution in [0.3, 0.4) is 0 Å². The van der Waals surface area contributed by atoms with Gasteiger partial charge in [0.05, 0.1) is 0 Å². The number of fused-ring (bicyclic) bond motifs is 1. The van der Waals surface area contributed by atoms with E-state index in [1.165, 1.54) is 0 Å². The highest BCUT2D eigenvalue weighted by Gasteiger charge is 2.07. The van der Waals surface area contributed by atoms with Gasteiger partial charge >= 0.3 is 0 Å². The molecule has 0 unspecified atom stereocenters. The second-order valence-corrected chi connectivity index (χ2v) is 4.79. The lowest BCUT2D eigenvalue weighted by Crippen LogP contribution is -2.08. The van der Waals surface area contributed by atoms with Gasteiger partial charge in [0.25, 0.3) is 0 Å². The molecule has 0 aromatic carbocycles. The molecule has 3 aromatic rings. The van der Waals surface area contributed by atoms with Gasteiger partial charge in [0.2, 0.25) is 5.89 Å². The Labute approximate surface area is 117 Å². The monoisotopic (exact) mass is 322 g/mol. The highest BCUT2D eigenvalue weighted by Crippen LogP contribution is 2.16. The molecule has 1 N–H and O–H groups in total. The SMILES string of the molecule is Cc1noc(CCNc2nc(Br)cn3ccnc23)n1. The van der Waals surface area contributed by atoms with E-state index in [-0.39, 0.29) is 0 Å². The van der Waals surface area contributed by atoms with Crippen LogP contribution in [0.5, 0.6) is 0 Å². The predicted molar refractivity (Wildman–Crippen MR) is 71.9 cm³/mol. The summed E-state index contributed by atoms with van der Waals surface area (Å²) in [5, 5.41) is 6.96. The molecule has 19 heavy (non-hydrogen) atoms. The van der Waals surface area contributed by atoms with E-state index in [2.05, 4.69) is 41.4 Å². The van der Waals surface area contributed by atoms with Gasteiger partial charge in [0.1, 0.15) is 4.60 Å². The molecule has 0 aliphatic carbocycles. The van der Waals surface area contributed by atoms with E-state index >= 15 is 0 Å². The molecule has 0 saturated heterocycles. The summed E-state index contributed by atoms with van der Waals surface area (Å²) in [7, 11) is 0. The summed E-state index contributed by atoms with van der Waals surface area (Å²) >= 11 is 3.37. The number of imidazole rings is 1. The number of hydrogen-bond acceptors (Lipinski definition) is 6. The van der Waals surface area contributed by atoms with Crippen molar-refractivity contribution in [2.75, 3.05) is 11.9 Å². The quantitative estimate of drug-likeness (QED) is 0.789. The van der Waals surface area contributed by atoms with Gasteiger partial charge in [-0.1, -0.05) is 5.16 Å². The fourth-order valence-corrected chi connectivity index (χ4v) is 2.15.